The number of nitro groups is 1. The predicted octanol–water partition coefficient (Wildman–Crippen LogP) is 1.70. The molecule has 2 N–H and O–H groups in total. The fourth-order valence-corrected chi connectivity index (χ4v) is 1.07. The summed E-state index contributed by atoms with van der Waals surface area (Å²) in [6.07, 6.45) is 0.805. The van der Waals surface area contributed by atoms with Crippen LogP contribution in [-0.4, -0.2) is 4.92 Å². The molecule has 0 saturated heterocycles. The minimum absolute atomic E-state index is 0.298. The maximum Gasteiger partial charge on any atom is 0.281 e. The molecule has 0 bridgehead atoms. The topological polar surface area (TPSA) is 93.0 Å². The van der Waals surface area contributed by atoms with E-state index in [0.29, 0.717) is 12.1 Å². The van der Waals surface area contributed by atoms with Gasteiger partial charge in [-0.3, -0.25) is 10.1 Å². The number of nitrogens with two attached hydrogens (primary N) is 1. The summed E-state index contributed by atoms with van der Waals surface area (Å²) in [6, 6.07) is 2.54. The van der Waals surface area contributed by atoms with Gasteiger partial charge in [0.1, 0.15) is 0 Å². The van der Waals surface area contributed by atoms with Crippen molar-refractivity contribution >= 4 is 11.4 Å². The second-order valence-corrected chi connectivity index (χ2v) is 2.77. The first kappa shape index (κ1) is 11.6. The third-order valence-electron chi connectivity index (χ3n) is 1.77. The van der Waals surface area contributed by atoms with Gasteiger partial charge in [-0.1, -0.05) is 0 Å². The normalized spacial score (nSPS) is 10.9. The molecule has 0 saturated carbocycles. The summed E-state index contributed by atoms with van der Waals surface area (Å²) in [6.45, 7) is 0. The lowest BCUT2D eigenvalue weighted by Gasteiger charge is -2.02. The van der Waals surface area contributed by atoms with Crippen molar-refractivity contribution in [1.29, 1.82) is 5.26 Å². The molecule has 7 heteroatoms. The third kappa shape index (κ3) is 2.12. The zero-order chi connectivity index (χ0) is 12.3. The fraction of sp³-hybridized carbons (Fsp3) is 0. The van der Waals surface area contributed by atoms with Crippen LogP contribution in [0.3, 0.4) is 0 Å². The third-order valence-corrected chi connectivity index (χ3v) is 1.77. The zero-order valence-corrected chi connectivity index (χ0v) is 7.78. The number of nitro benzene ring substituents is 1. The van der Waals surface area contributed by atoms with Crippen molar-refractivity contribution in [3.05, 3.63) is 45.5 Å². The maximum absolute atomic E-state index is 12.9. The van der Waals surface area contributed by atoms with Crippen LogP contribution in [0.1, 0.15) is 5.56 Å². The first-order valence-electron chi connectivity index (χ1n) is 3.96. The molecule has 1 rings (SSSR count). The van der Waals surface area contributed by atoms with E-state index < -0.39 is 22.2 Å². The Morgan fingerprint density at radius 1 is 1.50 bits per heavy atom. The molecule has 0 amide bonds. The van der Waals surface area contributed by atoms with Crippen LogP contribution in [0.25, 0.3) is 5.70 Å². The second-order valence-electron chi connectivity index (χ2n) is 2.77. The summed E-state index contributed by atoms with van der Waals surface area (Å²) in [5, 5.41) is 18.9. The summed E-state index contributed by atoms with van der Waals surface area (Å²) in [5.41, 5.74) is 3.99. The molecule has 0 aliphatic heterocycles. The number of halogens is 2. The van der Waals surface area contributed by atoms with Gasteiger partial charge in [0.25, 0.3) is 5.69 Å². The van der Waals surface area contributed by atoms with E-state index in [-0.39, 0.29) is 11.3 Å². The highest BCUT2D eigenvalue weighted by molar-refractivity contribution is 5.72. The van der Waals surface area contributed by atoms with Crippen LogP contribution in [0, 0.1) is 33.1 Å². The lowest BCUT2D eigenvalue weighted by atomic mass is 10.1. The first-order valence-corrected chi connectivity index (χ1v) is 3.96. The van der Waals surface area contributed by atoms with Gasteiger partial charge in [0, 0.05) is 6.08 Å². The van der Waals surface area contributed by atoms with Gasteiger partial charge in [-0.2, -0.15) is 5.26 Å². The van der Waals surface area contributed by atoms with Crippen LogP contribution in [0.5, 0.6) is 0 Å². The Morgan fingerprint density at radius 2 is 2.06 bits per heavy atom. The lowest BCUT2D eigenvalue weighted by molar-refractivity contribution is -0.385. The molecular weight excluding hydrogens is 220 g/mol. The number of allylic oxidation sites excluding steroid dienone is 1. The predicted molar refractivity (Wildman–Crippen MR) is 50.8 cm³/mol. The molecule has 5 nitrogen and oxygen atoms in total. The van der Waals surface area contributed by atoms with E-state index in [4.69, 9.17) is 11.0 Å². The number of hydrogen-bond acceptors (Lipinski definition) is 4. The Bertz CT molecular complexity index is 520. The molecule has 1 aromatic carbocycles. The second kappa shape index (κ2) is 4.35. The van der Waals surface area contributed by atoms with Crippen molar-refractivity contribution < 1.29 is 13.7 Å². The SMILES string of the molecule is N#C/C=C(/N)c1cc(F)c(F)cc1[N+](=O)[O-]. The standard InChI is InChI=1S/C9H5F2N3O2/c10-6-3-5(8(13)1-2-12)9(14(15)16)4-7(6)11/h1,3-4H,13H2/b8-1+. The molecule has 0 spiro atoms. The zero-order valence-electron chi connectivity index (χ0n) is 7.78. The van der Waals surface area contributed by atoms with E-state index in [9.17, 15) is 18.9 Å². The van der Waals surface area contributed by atoms with Crippen LogP contribution in [0.15, 0.2) is 18.2 Å². The highest BCUT2D eigenvalue weighted by Crippen LogP contribution is 2.25. The van der Waals surface area contributed by atoms with Crippen molar-refractivity contribution in [1.82, 2.24) is 0 Å². The molecule has 82 valence electrons. The van der Waals surface area contributed by atoms with Crippen molar-refractivity contribution in [3.63, 3.8) is 0 Å². The van der Waals surface area contributed by atoms with Crippen molar-refractivity contribution in [2.24, 2.45) is 5.73 Å². The van der Waals surface area contributed by atoms with E-state index in [0.717, 1.165) is 6.08 Å². The molecule has 0 unspecified atom stereocenters. The maximum atomic E-state index is 12.9. The van der Waals surface area contributed by atoms with Gasteiger partial charge in [0.05, 0.1) is 28.3 Å². The highest BCUT2D eigenvalue weighted by atomic mass is 19.2. The van der Waals surface area contributed by atoms with Crippen molar-refractivity contribution in [2.45, 2.75) is 0 Å². The van der Waals surface area contributed by atoms with Crippen LogP contribution in [-0.2, 0) is 0 Å². The van der Waals surface area contributed by atoms with Crippen molar-refractivity contribution in [3.8, 4) is 6.07 Å². The number of rotatable bonds is 2. The average Bonchev–Trinajstić information content (AvgIpc) is 2.21. The van der Waals surface area contributed by atoms with Crippen LogP contribution >= 0.6 is 0 Å². The molecule has 0 heterocycles. The molecule has 1 aromatic rings. The van der Waals surface area contributed by atoms with E-state index in [1.54, 1.807) is 6.07 Å². The van der Waals surface area contributed by atoms with E-state index in [2.05, 4.69) is 0 Å². The minimum Gasteiger partial charge on any atom is -0.397 e. The summed E-state index contributed by atoms with van der Waals surface area (Å²) >= 11 is 0. The molecule has 0 aliphatic rings. The molecule has 0 aromatic heterocycles. The van der Waals surface area contributed by atoms with Gasteiger partial charge in [0.15, 0.2) is 11.6 Å². The Labute approximate surface area is 88.6 Å². The van der Waals surface area contributed by atoms with E-state index >= 15 is 0 Å². The molecule has 0 fully saturated rings. The van der Waals surface area contributed by atoms with Crippen LogP contribution in [0.4, 0.5) is 14.5 Å². The summed E-state index contributed by atoms with van der Waals surface area (Å²) in [4.78, 5) is 9.64. The minimum atomic E-state index is -1.35. The Balaban J connectivity index is 3.49. The molecular formula is C9H5F2N3O2. The monoisotopic (exact) mass is 225 g/mol. The molecule has 0 atom stereocenters. The number of nitriles is 1. The van der Waals surface area contributed by atoms with Gasteiger partial charge in [-0.25, -0.2) is 8.78 Å². The number of hydrogen-bond donors (Lipinski definition) is 1. The van der Waals surface area contributed by atoms with Crippen LogP contribution < -0.4 is 5.73 Å². The first-order chi connectivity index (χ1) is 7.47. The number of nitrogens with zero attached hydrogens (tertiary/aromatic N) is 2. The average molecular weight is 225 g/mol. The van der Waals surface area contributed by atoms with Gasteiger partial charge in [-0.15, -0.1) is 0 Å². The largest absolute Gasteiger partial charge is 0.397 e. The van der Waals surface area contributed by atoms with Gasteiger partial charge in [0.2, 0.25) is 0 Å². The summed E-state index contributed by atoms with van der Waals surface area (Å²) in [5.74, 6) is -2.62. The Morgan fingerprint density at radius 3 is 2.56 bits per heavy atom. The van der Waals surface area contributed by atoms with Gasteiger partial charge in [-0.05, 0) is 6.07 Å². The Hall–Kier alpha value is -2.49. The summed E-state index contributed by atoms with van der Waals surface area (Å²) in [7, 11) is 0. The number of benzene rings is 1. The van der Waals surface area contributed by atoms with Crippen molar-refractivity contribution in [2.75, 3.05) is 0 Å². The van der Waals surface area contributed by atoms with Gasteiger partial charge < -0.3 is 5.73 Å². The van der Waals surface area contributed by atoms with Gasteiger partial charge >= 0.3 is 0 Å². The van der Waals surface area contributed by atoms with E-state index in [1.165, 1.54) is 0 Å². The van der Waals surface area contributed by atoms with E-state index in [1.807, 2.05) is 0 Å². The Kier molecular flexibility index (Phi) is 3.15. The molecule has 0 aliphatic carbocycles. The highest BCUT2D eigenvalue weighted by Gasteiger charge is 2.19. The lowest BCUT2D eigenvalue weighted by Crippen LogP contribution is -2.03. The summed E-state index contributed by atoms with van der Waals surface area (Å²) < 4.78 is 25.6. The fourth-order valence-electron chi connectivity index (χ4n) is 1.07. The quantitative estimate of drug-likeness (QED) is 0.470. The smallest absolute Gasteiger partial charge is 0.281 e. The molecule has 16 heavy (non-hydrogen) atoms. The van der Waals surface area contributed by atoms with Crippen LogP contribution in [0.2, 0.25) is 0 Å². The molecule has 0 radical (unpaired) electrons.